The first kappa shape index (κ1) is 20.0. The highest BCUT2D eigenvalue weighted by Crippen LogP contribution is 2.31. The SMILES string of the molecule is CC(C)(C)OC(=O)N1CCC[C@H]1c1ncc(C#Cc2ccc(B(O)O)cc2)[nH]1. The summed E-state index contributed by atoms with van der Waals surface area (Å²) in [6.45, 7) is 6.20. The van der Waals surface area contributed by atoms with Crippen molar-refractivity contribution in [1.82, 2.24) is 14.9 Å². The quantitative estimate of drug-likeness (QED) is 0.542. The fourth-order valence-corrected chi connectivity index (χ4v) is 3.04. The molecule has 1 aliphatic heterocycles. The molecule has 1 saturated heterocycles. The van der Waals surface area contributed by atoms with Crippen LogP contribution in [-0.4, -0.2) is 50.3 Å². The number of amides is 1. The fourth-order valence-electron chi connectivity index (χ4n) is 3.04. The lowest BCUT2D eigenvalue weighted by molar-refractivity contribution is 0.0218. The molecule has 0 unspecified atom stereocenters. The van der Waals surface area contributed by atoms with Gasteiger partial charge < -0.3 is 19.8 Å². The number of likely N-dealkylation sites (tertiary alicyclic amines) is 1. The van der Waals surface area contributed by atoms with E-state index in [0.717, 1.165) is 18.4 Å². The molecule has 1 aromatic heterocycles. The molecule has 2 heterocycles. The summed E-state index contributed by atoms with van der Waals surface area (Å²) in [5.41, 5.74) is 1.28. The molecule has 0 saturated carbocycles. The fraction of sp³-hybridized carbons (Fsp3) is 0.400. The van der Waals surface area contributed by atoms with Gasteiger partial charge in [-0.25, -0.2) is 9.78 Å². The summed E-state index contributed by atoms with van der Waals surface area (Å²) in [4.78, 5) is 21.7. The third-order valence-electron chi connectivity index (χ3n) is 4.34. The van der Waals surface area contributed by atoms with Gasteiger partial charge in [-0.1, -0.05) is 18.1 Å². The first-order valence-corrected chi connectivity index (χ1v) is 9.25. The number of aromatic amines is 1. The van der Waals surface area contributed by atoms with Crippen molar-refractivity contribution in [2.24, 2.45) is 0 Å². The van der Waals surface area contributed by atoms with Crippen molar-refractivity contribution in [3.8, 4) is 11.8 Å². The average Bonchev–Trinajstić information content (AvgIpc) is 3.28. The van der Waals surface area contributed by atoms with Crippen molar-refractivity contribution in [2.45, 2.75) is 45.3 Å². The molecule has 1 atom stereocenters. The van der Waals surface area contributed by atoms with Crippen LogP contribution < -0.4 is 5.46 Å². The van der Waals surface area contributed by atoms with E-state index in [0.29, 0.717) is 23.5 Å². The van der Waals surface area contributed by atoms with E-state index < -0.39 is 12.7 Å². The molecular weight excluding hydrogens is 357 g/mol. The van der Waals surface area contributed by atoms with Gasteiger partial charge in [-0.05, 0) is 57.1 Å². The van der Waals surface area contributed by atoms with Gasteiger partial charge in [0.25, 0.3) is 0 Å². The number of benzene rings is 1. The largest absolute Gasteiger partial charge is 0.488 e. The van der Waals surface area contributed by atoms with Gasteiger partial charge in [-0.2, -0.15) is 0 Å². The summed E-state index contributed by atoms with van der Waals surface area (Å²) < 4.78 is 5.49. The average molecular weight is 381 g/mol. The summed E-state index contributed by atoms with van der Waals surface area (Å²) in [6, 6.07) is 6.53. The van der Waals surface area contributed by atoms with Crippen LogP contribution in [-0.2, 0) is 4.74 Å². The van der Waals surface area contributed by atoms with Crippen LogP contribution in [0.2, 0.25) is 0 Å². The number of hydrogen-bond donors (Lipinski definition) is 3. The molecule has 7 nitrogen and oxygen atoms in total. The molecule has 1 amide bonds. The number of carbonyl (C=O) groups is 1. The minimum atomic E-state index is -1.49. The van der Waals surface area contributed by atoms with Crippen molar-refractivity contribution in [1.29, 1.82) is 0 Å². The maximum atomic E-state index is 12.4. The Morgan fingerprint density at radius 3 is 2.64 bits per heavy atom. The second-order valence-electron chi connectivity index (χ2n) is 7.76. The molecule has 3 rings (SSSR count). The van der Waals surface area contributed by atoms with E-state index in [2.05, 4.69) is 21.8 Å². The molecule has 1 aliphatic rings. The summed E-state index contributed by atoms with van der Waals surface area (Å²) in [5, 5.41) is 18.2. The second kappa shape index (κ2) is 8.09. The molecule has 0 radical (unpaired) electrons. The third-order valence-corrected chi connectivity index (χ3v) is 4.34. The van der Waals surface area contributed by atoms with Crippen LogP contribution in [0, 0.1) is 11.8 Å². The molecule has 8 heteroatoms. The first-order chi connectivity index (χ1) is 13.2. The van der Waals surface area contributed by atoms with Gasteiger partial charge in [0.1, 0.15) is 17.1 Å². The van der Waals surface area contributed by atoms with Crippen LogP contribution >= 0.6 is 0 Å². The Balaban J connectivity index is 1.71. The number of ether oxygens (including phenoxy) is 1. The molecule has 0 aliphatic carbocycles. The summed E-state index contributed by atoms with van der Waals surface area (Å²) in [5.74, 6) is 6.71. The third kappa shape index (κ3) is 4.94. The van der Waals surface area contributed by atoms with Crippen LogP contribution in [0.25, 0.3) is 0 Å². The lowest BCUT2D eigenvalue weighted by Crippen LogP contribution is -2.36. The normalized spacial score (nSPS) is 16.5. The van der Waals surface area contributed by atoms with Crippen LogP contribution in [0.1, 0.15) is 56.7 Å². The number of nitrogens with one attached hydrogen (secondary N) is 1. The predicted molar refractivity (Wildman–Crippen MR) is 106 cm³/mol. The number of nitrogens with zero attached hydrogens (tertiary/aromatic N) is 2. The van der Waals surface area contributed by atoms with Gasteiger partial charge in [0.15, 0.2) is 0 Å². The van der Waals surface area contributed by atoms with E-state index in [-0.39, 0.29) is 12.1 Å². The Hall–Kier alpha value is -2.76. The molecule has 1 fully saturated rings. The van der Waals surface area contributed by atoms with Crippen LogP contribution in [0.3, 0.4) is 0 Å². The monoisotopic (exact) mass is 381 g/mol. The number of rotatable bonds is 2. The molecule has 1 aromatic carbocycles. The molecular formula is C20H24BN3O4. The summed E-state index contributed by atoms with van der Waals surface area (Å²) in [7, 11) is -1.49. The van der Waals surface area contributed by atoms with E-state index >= 15 is 0 Å². The van der Waals surface area contributed by atoms with Crippen LogP contribution in [0.15, 0.2) is 30.5 Å². The second-order valence-corrected chi connectivity index (χ2v) is 7.76. The smallest absolute Gasteiger partial charge is 0.444 e. The minimum absolute atomic E-state index is 0.143. The van der Waals surface area contributed by atoms with Crippen molar-refractivity contribution in [2.75, 3.05) is 6.54 Å². The molecule has 0 spiro atoms. The Morgan fingerprint density at radius 1 is 1.29 bits per heavy atom. The van der Waals surface area contributed by atoms with Gasteiger partial charge >= 0.3 is 13.2 Å². The number of H-pyrrole nitrogens is 1. The maximum Gasteiger partial charge on any atom is 0.488 e. The van der Waals surface area contributed by atoms with E-state index in [9.17, 15) is 4.79 Å². The Bertz CT molecular complexity index is 891. The van der Waals surface area contributed by atoms with Crippen LogP contribution in [0.5, 0.6) is 0 Å². The molecule has 146 valence electrons. The number of hydrogen-bond acceptors (Lipinski definition) is 5. The lowest BCUT2D eigenvalue weighted by Gasteiger charge is -2.27. The highest BCUT2D eigenvalue weighted by atomic mass is 16.6. The summed E-state index contributed by atoms with van der Waals surface area (Å²) >= 11 is 0. The van der Waals surface area contributed by atoms with Crippen molar-refractivity contribution in [3.63, 3.8) is 0 Å². The predicted octanol–water partition coefficient (Wildman–Crippen LogP) is 1.56. The van der Waals surface area contributed by atoms with Gasteiger partial charge in [-0.15, -0.1) is 0 Å². The van der Waals surface area contributed by atoms with Crippen molar-refractivity contribution in [3.05, 3.63) is 47.5 Å². The highest BCUT2D eigenvalue weighted by molar-refractivity contribution is 6.58. The topological polar surface area (TPSA) is 98.7 Å². The molecule has 28 heavy (non-hydrogen) atoms. The number of imidazole rings is 1. The van der Waals surface area contributed by atoms with E-state index in [1.165, 1.54) is 0 Å². The molecule has 3 N–H and O–H groups in total. The van der Waals surface area contributed by atoms with Gasteiger partial charge in [0.05, 0.1) is 12.2 Å². The van der Waals surface area contributed by atoms with E-state index in [4.69, 9.17) is 14.8 Å². The standard InChI is InChI=1S/C20H24BN3O4/c1-20(2,3)28-19(25)24-12-4-5-17(24)18-22-13-16(23-18)11-8-14-6-9-15(10-7-14)21(26)27/h6-7,9-10,13,17,26-27H,4-5,12H2,1-3H3,(H,22,23)/t17-/m0/s1. The zero-order chi connectivity index (χ0) is 20.3. The van der Waals surface area contributed by atoms with Gasteiger partial charge in [0.2, 0.25) is 0 Å². The highest BCUT2D eigenvalue weighted by Gasteiger charge is 2.34. The Morgan fingerprint density at radius 2 is 2.00 bits per heavy atom. The minimum Gasteiger partial charge on any atom is -0.444 e. The Labute approximate surface area is 164 Å². The Kier molecular flexibility index (Phi) is 5.77. The van der Waals surface area contributed by atoms with Crippen molar-refractivity contribution < 1.29 is 19.6 Å². The zero-order valence-corrected chi connectivity index (χ0v) is 16.3. The number of carbonyl (C=O) groups excluding carboxylic acids is 1. The van der Waals surface area contributed by atoms with E-state index in [1.807, 2.05) is 20.8 Å². The lowest BCUT2D eigenvalue weighted by atomic mass is 9.80. The zero-order valence-electron chi connectivity index (χ0n) is 16.3. The molecule has 2 aromatic rings. The summed E-state index contributed by atoms with van der Waals surface area (Å²) in [6.07, 6.45) is 3.05. The van der Waals surface area contributed by atoms with Crippen molar-refractivity contribution >= 4 is 18.7 Å². The van der Waals surface area contributed by atoms with E-state index in [1.54, 1.807) is 35.4 Å². The van der Waals surface area contributed by atoms with Crippen LogP contribution in [0.4, 0.5) is 4.79 Å². The number of aromatic nitrogens is 2. The van der Waals surface area contributed by atoms with Gasteiger partial charge in [0, 0.05) is 12.1 Å². The van der Waals surface area contributed by atoms with Gasteiger partial charge in [-0.3, -0.25) is 4.90 Å². The maximum absolute atomic E-state index is 12.4. The molecule has 0 bridgehead atoms. The first-order valence-electron chi connectivity index (χ1n) is 9.25.